The van der Waals surface area contributed by atoms with E-state index in [1.807, 2.05) is 16.5 Å². The van der Waals surface area contributed by atoms with E-state index in [1.54, 1.807) is 11.3 Å². The zero-order valence-corrected chi connectivity index (χ0v) is 14.8. The highest BCUT2D eigenvalue weighted by molar-refractivity contribution is 7.09. The Hall–Kier alpha value is -1.14. The molecule has 6 heteroatoms. The van der Waals surface area contributed by atoms with E-state index in [0.717, 1.165) is 52.0 Å². The Kier molecular flexibility index (Phi) is 5.54. The van der Waals surface area contributed by atoms with Crippen LogP contribution in [-0.4, -0.2) is 48.6 Å². The third-order valence-electron chi connectivity index (χ3n) is 5.20. The van der Waals surface area contributed by atoms with Crippen LogP contribution in [0.1, 0.15) is 37.6 Å². The van der Waals surface area contributed by atoms with Gasteiger partial charge < -0.3 is 15.5 Å². The highest BCUT2D eigenvalue weighted by Gasteiger charge is 2.29. The average molecular weight is 337 g/mol. The van der Waals surface area contributed by atoms with Crippen LogP contribution in [0.15, 0.2) is 11.6 Å². The van der Waals surface area contributed by atoms with E-state index in [2.05, 4.69) is 22.5 Å². The first-order chi connectivity index (χ1) is 11.1. The first kappa shape index (κ1) is 16.7. The Bertz CT molecular complexity index is 491. The number of piperidine rings is 2. The van der Waals surface area contributed by atoms with Gasteiger partial charge in [-0.05, 0) is 43.6 Å². The fraction of sp³-hybridized carbons (Fsp3) is 0.765. The number of carbonyl (C=O) groups is 1. The molecule has 0 spiro atoms. The highest BCUT2D eigenvalue weighted by Crippen LogP contribution is 2.25. The van der Waals surface area contributed by atoms with Crippen molar-refractivity contribution in [2.45, 2.75) is 39.0 Å². The standard InChI is InChI=1S/C17H28N4OS/c1-17(5-2-6-18-12-17)13-20-16(22)21-8-3-14(4-9-21)11-15-19-7-10-23-15/h7,10,14,18H,2-6,8-9,11-13H2,1H3,(H,20,22). The maximum absolute atomic E-state index is 12.4. The summed E-state index contributed by atoms with van der Waals surface area (Å²) in [4.78, 5) is 18.7. The zero-order chi connectivity index (χ0) is 16.1. The molecule has 0 bridgehead atoms. The van der Waals surface area contributed by atoms with Crippen LogP contribution < -0.4 is 10.6 Å². The minimum atomic E-state index is 0.115. The van der Waals surface area contributed by atoms with E-state index in [-0.39, 0.29) is 11.4 Å². The van der Waals surface area contributed by atoms with E-state index < -0.39 is 0 Å². The lowest BCUT2D eigenvalue weighted by molar-refractivity contribution is 0.160. The summed E-state index contributed by atoms with van der Waals surface area (Å²) >= 11 is 1.74. The van der Waals surface area contributed by atoms with Crippen LogP contribution in [-0.2, 0) is 6.42 Å². The van der Waals surface area contributed by atoms with Crippen molar-refractivity contribution in [3.05, 3.63) is 16.6 Å². The topological polar surface area (TPSA) is 57.3 Å². The highest BCUT2D eigenvalue weighted by atomic mass is 32.1. The predicted molar refractivity (Wildman–Crippen MR) is 93.7 cm³/mol. The number of urea groups is 1. The molecule has 0 aliphatic carbocycles. The number of likely N-dealkylation sites (tertiary alicyclic amines) is 1. The van der Waals surface area contributed by atoms with Gasteiger partial charge in [-0.1, -0.05) is 6.92 Å². The minimum absolute atomic E-state index is 0.115. The fourth-order valence-electron chi connectivity index (χ4n) is 3.61. The average Bonchev–Trinajstić information content (AvgIpc) is 3.07. The third kappa shape index (κ3) is 4.67. The first-order valence-corrected chi connectivity index (χ1v) is 9.64. The van der Waals surface area contributed by atoms with Crippen LogP contribution in [0, 0.1) is 11.3 Å². The molecule has 128 valence electrons. The van der Waals surface area contributed by atoms with Crippen LogP contribution >= 0.6 is 11.3 Å². The number of hydrogen-bond acceptors (Lipinski definition) is 4. The Morgan fingerprint density at radius 2 is 2.35 bits per heavy atom. The smallest absolute Gasteiger partial charge is 0.317 e. The van der Waals surface area contributed by atoms with Gasteiger partial charge in [0.05, 0.1) is 5.01 Å². The molecule has 0 radical (unpaired) electrons. The molecule has 1 aromatic heterocycles. The molecule has 1 unspecified atom stereocenters. The van der Waals surface area contributed by atoms with Crippen molar-refractivity contribution in [2.24, 2.45) is 11.3 Å². The van der Waals surface area contributed by atoms with Crippen LogP contribution in [0.4, 0.5) is 4.79 Å². The number of nitrogens with one attached hydrogen (secondary N) is 2. The maximum atomic E-state index is 12.4. The summed E-state index contributed by atoms with van der Waals surface area (Å²) in [6, 6.07) is 0.115. The number of rotatable bonds is 4. The second-order valence-electron chi connectivity index (χ2n) is 7.31. The largest absolute Gasteiger partial charge is 0.337 e. The third-order valence-corrected chi connectivity index (χ3v) is 6.00. The SMILES string of the molecule is CC1(CNC(=O)N2CCC(Cc3nccs3)CC2)CCCNC1. The van der Waals surface area contributed by atoms with Crippen LogP contribution in [0.25, 0.3) is 0 Å². The molecule has 2 N–H and O–H groups in total. The maximum Gasteiger partial charge on any atom is 0.317 e. The lowest BCUT2D eigenvalue weighted by Crippen LogP contribution is -2.50. The van der Waals surface area contributed by atoms with Crippen molar-refractivity contribution in [3.8, 4) is 0 Å². The summed E-state index contributed by atoms with van der Waals surface area (Å²) < 4.78 is 0. The molecule has 2 fully saturated rings. The number of thiazole rings is 1. The second kappa shape index (κ2) is 7.62. The van der Waals surface area contributed by atoms with Gasteiger partial charge in [0.15, 0.2) is 0 Å². The fourth-order valence-corrected chi connectivity index (χ4v) is 4.34. The predicted octanol–water partition coefficient (Wildman–Crippen LogP) is 2.50. The molecular formula is C17H28N4OS. The molecule has 23 heavy (non-hydrogen) atoms. The molecule has 3 heterocycles. The monoisotopic (exact) mass is 336 g/mol. The molecule has 3 rings (SSSR count). The van der Waals surface area contributed by atoms with Gasteiger partial charge in [0.2, 0.25) is 0 Å². The summed E-state index contributed by atoms with van der Waals surface area (Å²) in [5, 5.41) is 9.86. The molecule has 2 saturated heterocycles. The molecule has 2 aliphatic heterocycles. The number of hydrogen-bond donors (Lipinski definition) is 2. The van der Waals surface area contributed by atoms with Crippen molar-refractivity contribution < 1.29 is 4.79 Å². The molecule has 2 amide bonds. The van der Waals surface area contributed by atoms with Gasteiger partial charge >= 0.3 is 6.03 Å². The van der Waals surface area contributed by atoms with Gasteiger partial charge in [0.25, 0.3) is 0 Å². The molecule has 2 aliphatic rings. The van der Waals surface area contributed by atoms with E-state index in [0.29, 0.717) is 5.92 Å². The molecule has 1 aromatic rings. The Morgan fingerprint density at radius 3 is 3.00 bits per heavy atom. The van der Waals surface area contributed by atoms with E-state index >= 15 is 0 Å². The summed E-state index contributed by atoms with van der Waals surface area (Å²) in [6.45, 7) is 6.89. The lowest BCUT2D eigenvalue weighted by Gasteiger charge is -2.36. The quantitative estimate of drug-likeness (QED) is 0.888. The summed E-state index contributed by atoms with van der Waals surface area (Å²) in [6.07, 6.45) is 7.52. The molecule has 5 nitrogen and oxygen atoms in total. The van der Waals surface area contributed by atoms with Crippen LogP contribution in [0.5, 0.6) is 0 Å². The Balaban J connectivity index is 1.39. The zero-order valence-electron chi connectivity index (χ0n) is 14.0. The number of nitrogens with zero attached hydrogens (tertiary/aromatic N) is 2. The van der Waals surface area contributed by atoms with Gasteiger partial charge in [0, 0.05) is 44.2 Å². The van der Waals surface area contributed by atoms with E-state index in [9.17, 15) is 4.79 Å². The van der Waals surface area contributed by atoms with Crippen molar-refractivity contribution >= 4 is 17.4 Å². The van der Waals surface area contributed by atoms with Gasteiger partial charge in [0.1, 0.15) is 0 Å². The summed E-state index contributed by atoms with van der Waals surface area (Å²) in [5.74, 6) is 0.672. The summed E-state index contributed by atoms with van der Waals surface area (Å²) in [5.41, 5.74) is 0.205. The normalized spacial score (nSPS) is 26.2. The van der Waals surface area contributed by atoms with Gasteiger partial charge in [-0.25, -0.2) is 9.78 Å². The van der Waals surface area contributed by atoms with E-state index in [1.165, 1.54) is 17.8 Å². The molecule has 0 aromatic carbocycles. The molecular weight excluding hydrogens is 308 g/mol. The molecule has 1 atom stereocenters. The van der Waals surface area contributed by atoms with Gasteiger partial charge in [-0.3, -0.25) is 0 Å². The van der Waals surface area contributed by atoms with Crippen LogP contribution in [0.3, 0.4) is 0 Å². The van der Waals surface area contributed by atoms with Gasteiger partial charge in [-0.2, -0.15) is 0 Å². The van der Waals surface area contributed by atoms with E-state index in [4.69, 9.17) is 0 Å². The van der Waals surface area contributed by atoms with Crippen LogP contribution in [0.2, 0.25) is 0 Å². The summed E-state index contributed by atoms with van der Waals surface area (Å²) in [7, 11) is 0. The Morgan fingerprint density at radius 1 is 1.52 bits per heavy atom. The number of carbonyl (C=O) groups excluding carboxylic acids is 1. The van der Waals surface area contributed by atoms with Crippen molar-refractivity contribution in [2.75, 3.05) is 32.7 Å². The second-order valence-corrected chi connectivity index (χ2v) is 8.29. The first-order valence-electron chi connectivity index (χ1n) is 8.76. The minimum Gasteiger partial charge on any atom is -0.337 e. The Labute approximate surface area is 142 Å². The number of amides is 2. The van der Waals surface area contributed by atoms with Crippen molar-refractivity contribution in [3.63, 3.8) is 0 Å². The van der Waals surface area contributed by atoms with Gasteiger partial charge in [-0.15, -0.1) is 11.3 Å². The van der Waals surface area contributed by atoms with Crippen molar-refractivity contribution in [1.29, 1.82) is 0 Å². The van der Waals surface area contributed by atoms with Crippen molar-refractivity contribution in [1.82, 2.24) is 20.5 Å². The lowest BCUT2D eigenvalue weighted by atomic mass is 9.83. The molecule has 0 saturated carbocycles. The number of aromatic nitrogens is 1.